The molecule has 1 unspecified atom stereocenters. The first kappa shape index (κ1) is 12.8. The molecule has 0 saturated carbocycles. The fraction of sp³-hybridized carbons (Fsp3) is 0.294. The molecule has 2 heteroatoms. The number of hydrogen-bond donors (Lipinski definition) is 1. The molecule has 2 aromatic carbocycles. The van der Waals surface area contributed by atoms with Crippen LogP contribution in [0.3, 0.4) is 0 Å². The van der Waals surface area contributed by atoms with Crippen LogP contribution in [0.5, 0.6) is 0 Å². The van der Waals surface area contributed by atoms with Crippen molar-refractivity contribution >= 4 is 11.8 Å². The van der Waals surface area contributed by atoms with E-state index in [2.05, 4.69) is 77.7 Å². The van der Waals surface area contributed by atoms with Crippen LogP contribution in [-0.4, -0.2) is 24.1 Å². The fourth-order valence-electron chi connectivity index (χ4n) is 2.78. The van der Waals surface area contributed by atoms with Crippen LogP contribution in [0.25, 0.3) is 0 Å². The number of rotatable bonds is 3. The third-order valence-electron chi connectivity index (χ3n) is 3.67. The van der Waals surface area contributed by atoms with Crippen LogP contribution in [0.15, 0.2) is 60.7 Å². The summed E-state index contributed by atoms with van der Waals surface area (Å²) < 4.78 is 0. The van der Waals surface area contributed by atoms with Gasteiger partial charge in [0, 0.05) is 30.0 Å². The van der Waals surface area contributed by atoms with Crippen LogP contribution in [0.1, 0.15) is 17.0 Å². The van der Waals surface area contributed by atoms with Gasteiger partial charge in [-0.05, 0) is 11.1 Å². The van der Waals surface area contributed by atoms with Gasteiger partial charge in [0.1, 0.15) is 0 Å². The minimum absolute atomic E-state index is 0.454. The highest BCUT2D eigenvalue weighted by Gasteiger charge is 2.26. The Hall–Kier alpha value is -1.25. The van der Waals surface area contributed by atoms with Gasteiger partial charge in [0.2, 0.25) is 0 Å². The molecule has 1 saturated heterocycles. The van der Waals surface area contributed by atoms with E-state index in [9.17, 15) is 0 Å². The molecule has 0 aliphatic carbocycles. The van der Waals surface area contributed by atoms with Gasteiger partial charge in [0.05, 0.1) is 0 Å². The predicted molar refractivity (Wildman–Crippen MR) is 83.8 cm³/mol. The van der Waals surface area contributed by atoms with Gasteiger partial charge in [-0.25, -0.2) is 0 Å². The second-order valence-electron chi connectivity index (χ2n) is 4.93. The fourth-order valence-corrected chi connectivity index (χ4v) is 3.77. The third kappa shape index (κ3) is 3.02. The van der Waals surface area contributed by atoms with Gasteiger partial charge >= 0.3 is 0 Å². The summed E-state index contributed by atoms with van der Waals surface area (Å²) >= 11 is 2.06. The van der Waals surface area contributed by atoms with Gasteiger partial charge in [0.25, 0.3) is 0 Å². The van der Waals surface area contributed by atoms with Crippen molar-refractivity contribution in [1.82, 2.24) is 5.32 Å². The zero-order valence-electron chi connectivity index (χ0n) is 11.0. The lowest BCUT2D eigenvalue weighted by Gasteiger charge is -2.32. The Labute approximate surface area is 119 Å². The second-order valence-corrected chi connectivity index (χ2v) is 6.08. The van der Waals surface area contributed by atoms with E-state index in [0.717, 1.165) is 6.54 Å². The topological polar surface area (TPSA) is 12.0 Å². The molecule has 2 aromatic rings. The largest absolute Gasteiger partial charge is 0.311 e. The molecule has 1 heterocycles. The standard InChI is InChI=1S/C17H19NS/c1-3-7-14(8-4-1)17(15-9-5-2-6-10-15)16-13-19-12-11-18-16/h1-10,16-18H,11-13H2. The summed E-state index contributed by atoms with van der Waals surface area (Å²) in [6, 6.07) is 22.3. The van der Waals surface area contributed by atoms with Gasteiger partial charge in [-0.3, -0.25) is 0 Å². The molecule has 1 N–H and O–H groups in total. The summed E-state index contributed by atoms with van der Waals surface area (Å²) in [5.74, 6) is 2.87. The molecule has 0 bridgehead atoms. The lowest BCUT2D eigenvalue weighted by molar-refractivity contribution is 0.513. The van der Waals surface area contributed by atoms with E-state index in [1.165, 1.54) is 22.6 Å². The Balaban J connectivity index is 1.96. The van der Waals surface area contributed by atoms with Crippen molar-refractivity contribution in [3.05, 3.63) is 71.8 Å². The lowest BCUT2D eigenvalue weighted by atomic mass is 9.85. The summed E-state index contributed by atoms with van der Waals surface area (Å²) in [6.45, 7) is 1.12. The zero-order valence-corrected chi connectivity index (χ0v) is 11.8. The van der Waals surface area contributed by atoms with Crippen molar-refractivity contribution < 1.29 is 0 Å². The minimum atomic E-state index is 0.454. The maximum Gasteiger partial charge on any atom is 0.0267 e. The Morgan fingerprint density at radius 3 is 1.95 bits per heavy atom. The summed E-state index contributed by atoms with van der Waals surface area (Å²) in [4.78, 5) is 0. The summed E-state index contributed by atoms with van der Waals surface area (Å²) in [7, 11) is 0. The van der Waals surface area contributed by atoms with Gasteiger partial charge in [-0.1, -0.05) is 60.7 Å². The quantitative estimate of drug-likeness (QED) is 0.915. The molecular formula is C17H19NS. The summed E-state index contributed by atoms with van der Waals surface area (Å²) in [5, 5.41) is 3.70. The molecule has 98 valence electrons. The molecule has 1 aliphatic rings. The average Bonchev–Trinajstić information content (AvgIpc) is 2.51. The van der Waals surface area contributed by atoms with Crippen LogP contribution in [0, 0.1) is 0 Å². The molecule has 1 nitrogen and oxygen atoms in total. The van der Waals surface area contributed by atoms with Crippen molar-refractivity contribution in [3.8, 4) is 0 Å². The Kier molecular flexibility index (Phi) is 4.21. The normalized spacial score (nSPS) is 19.5. The highest BCUT2D eigenvalue weighted by atomic mass is 32.2. The van der Waals surface area contributed by atoms with Crippen molar-refractivity contribution in [3.63, 3.8) is 0 Å². The van der Waals surface area contributed by atoms with E-state index < -0.39 is 0 Å². The lowest BCUT2D eigenvalue weighted by Crippen LogP contribution is -2.42. The molecule has 0 spiro atoms. The number of nitrogens with one attached hydrogen (secondary N) is 1. The Morgan fingerprint density at radius 2 is 1.47 bits per heavy atom. The van der Waals surface area contributed by atoms with Crippen LogP contribution in [-0.2, 0) is 0 Å². The van der Waals surface area contributed by atoms with Crippen LogP contribution < -0.4 is 5.32 Å². The summed E-state index contributed by atoms with van der Waals surface area (Å²) in [6.07, 6.45) is 0. The highest BCUT2D eigenvalue weighted by Crippen LogP contribution is 2.30. The first-order valence-corrected chi connectivity index (χ1v) is 8.01. The van der Waals surface area contributed by atoms with Gasteiger partial charge in [-0.15, -0.1) is 0 Å². The smallest absolute Gasteiger partial charge is 0.0267 e. The first-order chi connectivity index (χ1) is 9.45. The molecule has 1 fully saturated rings. The zero-order chi connectivity index (χ0) is 12.9. The number of thioether (sulfide) groups is 1. The maximum atomic E-state index is 3.70. The van der Waals surface area contributed by atoms with E-state index in [-0.39, 0.29) is 0 Å². The molecule has 0 amide bonds. The molecule has 19 heavy (non-hydrogen) atoms. The van der Waals surface area contributed by atoms with E-state index >= 15 is 0 Å². The van der Waals surface area contributed by atoms with Gasteiger partial charge in [0.15, 0.2) is 0 Å². The SMILES string of the molecule is c1ccc(C(c2ccccc2)C2CSCCN2)cc1. The minimum Gasteiger partial charge on any atom is -0.311 e. The molecule has 1 aliphatic heterocycles. The second kappa shape index (κ2) is 6.27. The van der Waals surface area contributed by atoms with Crippen molar-refractivity contribution in [2.24, 2.45) is 0 Å². The molecular weight excluding hydrogens is 250 g/mol. The molecule has 3 rings (SSSR count). The third-order valence-corrected chi connectivity index (χ3v) is 4.76. The Bertz CT molecular complexity index is 452. The highest BCUT2D eigenvalue weighted by molar-refractivity contribution is 7.99. The van der Waals surface area contributed by atoms with Crippen molar-refractivity contribution in [2.45, 2.75) is 12.0 Å². The molecule has 0 aromatic heterocycles. The van der Waals surface area contributed by atoms with E-state index in [1.54, 1.807) is 0 Å². The van der Waals surface area contributed by atoms with E-state index in [4.69, 9.17) is 0 Å². The summed E-state index contributed by atoms with van der Waals surface area (Å²) in [5.41, 5.74) is 2.82. The van der Waals surface area contributed by atoms with Crippen LogP contribution in [0.2, 0.25) is 0 Å². The van der Waals surface area contributed by atoms with Crippen molar-refractivity contribution in [2.75, 3.05) is 18.1 Å². The van der Waals surface area contributed by atoms with E-state index in [0.29, 0.717) is 12.0 Å². The predicted octanol–water partition coefficient (Wildman–Crippen LogP) is 3.52. The number of hydrogen-bond acceptors (Lipinski definition) is 2. The average molecular weight is 269 g/mol. The monoisotopic (exact) mass is 269 g/mol. The van der Waals surface area contributed by atoms with Crippen molar-refractivity contribution in [1.29, 1.82) is 0 Å². The molecule has 0 radical (unpaired) electrons. The van der Waals surface area contributed by atoms with Crippen LogP contribution >= 0.6 is 11.8 Å². The van der Waals surface area contributed by atoms with Crippen LogP contribution in [0.4, 0.5) is 0 Å². The number of benzene rings is 2. The van der Waals surface area contributed by atoms with Gasteiger partial charge in [-0.2, -0.15) is 11.8 Å². The molecule has 1 atom stereocenters. The maximum absolute atomic E-state index is 3.70. The van der Waals surface area contributed by atoms with E-state index in [1.807, 2.05) is 0 Å². The van der Waals surface area contributed by atoms with Gasteiger partial charge < -0.3 is 5.32 Å². The first-order valence-electron chi connectivity index (χ1n) is 6.86. The Morgan fingerprint density at radius 1 is 0.895 bits per heavy atom.